The van der Waals surface area contributed by atoms with Crippen molar-refractivity contribution in [2.75, 3.05) is 20.2 Å². The Morgan fingerprint density at radius 2 is 1.71 bits per heavy atom. The predicted octanol–water partition coefficient (Wildman–Crippen LogP) is 2.99. The Balaban J connectivity index is 1.72. The first-order valence-electron chi connectivity index (χ1n) is 10.5. The second-order valence-electron chi connectivity index (χ2n) is 7.39. The summed E-state index contributed by atoms with van der Waals surface area (Å²) in [6.07, 6.45) is 1.73. The van der Waals surface area contributed by atoms with E-state index in [1.54, 1.807) is 0 Å². The van der Waals surface area contributed by atoms with Crippen molar-refractivity contribution in [2.24, 2.45) is 5.10 Å². The standard InChI is InChI=1S/C24H24N4O6S/c1-34-22-11-13-23(14-12-22)35(32,33)27(16-15-19-5-3-2-4-6-19)18-24(29)26-25-17-20-7-9-21(10-8-20)28(30)31/h2-14,17H,15-16,18H2,1H3,(H,26,29)/b25-17-. The highest BCUT2D eigenvalue weighted by Crippen LogP contribution is 2.20. The maximum Gasteiger partial charge on any atom is 0.269 e. The van der Waals surface area contributed by atoms with Gasteiger partial charge in [-0.25, -0.2) is 13.8 Å². The molecule has 0 unspecified atom stereocenters. The van der Waals surface area contributed by atoms with Crippen LogP contribution in [0.1, 0.15) is 11.1 Å². The van der Waals surface area contributed by atoms with E-state index in [0.29, 0.717) is 17.7 Å². The molecule has 10 nitrogen and oxygen atoms in total. The summed E-state index contributed by atoms with van der Waals surface area (Å²) in [4.78, 5) is 22.8. The number of sulfonamides is 1. The monoisotopic (exact) mass is 496 g/mol. The highest BCUT2D eigenvalue weighted by molar-refractivity contribution is 7.89. The van der Waals surface area contributed by atoms with Gasteiger partial charge in [-0.1, -0.05) is 30.3 Å². The Morgan fingerprint density at radius 3 is 2.31 bits per heavy atom. The first kappa shape index (κ1) is 25.5. The number of benzene rings is 3. The molecule has 0 saturated carbocycles. The van der Waals surface area contributed by atoms with Crippen molar-refractivity contribution < 1.29 is 22.9 Å². The van der Waals surface area contributed by atoms with Crippen molar-refractivity contribution in [3.05, 3.63) is 100 Å². The molecule has 0 fully saturated rings. The number of hydrogen-bond acceptors (Lipinski definition) is 7. The summed E-state index contributed by atoms with van der Waals surface area (Å²) in [5, 5.41) is 14.6. The van der Waals surface area contributed by atoms with Crippen molar-refractivity contribution in [1.29, 1.82) is 0 Å². The first-order chi connectivity index (χ1) is 16.8. The quantitative estimate of drug-likeness (QED) is 0.247. The smallest absolute Gasteiger partial charge is 0.269 e. The number of rotatable bonds is 11. The summed E-state index contributed by atoms with van der Waals surface area (Å²) in [5.74, 6) is -0.119. The van der Waals surface area contributed by atoms with Crippen LogP contribution in [-0.2, 0) is 21.2 Å². The Bertz CT molecular complexity index is 1280. The van der Waals surface area contributed by atoms with Crippen LogP contribution in [0.3, 0.4) is 0 Å². The van der Waals surface area contributed by atoms with E-state index >= 15 is 0 Å². The SMILES string of the molecule is COc1ccc(S(=O)(=O)N(CCc2ccccc2)CC(=O)N/N=C\c2ccc([N+](=O)[O-])cc2)cc1. The van der Waals surface area contributed by atoms with Crippen molar-refractivity contribution in [3.63, 3.8) is 0 Å². The molecule has 0 heterocycles. The second-order valence-corrected chi connectivity index (χ2v) is 9.33. The van der Waals surface area contributed by atoms with Crippen molar-refractivity contribution in [3.8, 4) is 5.75 Å². The van der Waals surface area contributed by atoms with Gasteiger partial charge in [0.25, 0.3) is 11.6 Å². The van der Waals surface area contributed by atoms with Crippen molar-refractivity contribution in [1.82, 2.24) is 9.73 Å². The molecule has 35 heavy (non-hydrogen) atoms. The minimum atomic E-state index is -3.98. The summed E-state index contributed by atoms with van der Waals surface area (Å²) in [6, 6.07) is 20.9. The van der Waals surface area contributed by atoms with Gasteiger partial charge in [-0.15, -0.1) is 0 Å². The number of amides is 1. The van der Waals surface area contributed by atoms with E-state index in [1.165, 1.54) is 61.9 Å². The van der Waals surface area contributed by atoms with Crippen LogP contribution in [0.15, 0.2) is 88.9 Å². The van der Waals surface area contributed by atoms with Gasteiger partial charge in [-0.2, -0.15) is 9.41 Å². The summed E-state index contributed by atoms with van der Waals surface area (Å²) < 4.78 is 32.8. The van der Waals surface area contributed by atoms with E-state index in [2.05, 4.69) is 10.5 Å². The van der Waals surface area contributed by atoms with Gasteiger partial charge in [-0.3, -0.25) is 14.9 Å². The van der Waals surface area contributed by atoms with Gasteiger partial charge in [0, 0.05) is 18.7 Å². The average Bonchev–Trinajstić information content (AvgIpc) is 2.87. The number of hydrogen-bond donors (Lipinski definition) is 1. The first-order valence-corrected chi connectivity index (χ1v) is 12.0. The van der Waals surface area contributed by atoms with Gasteiger partial charge in [0.1, 0.15) is 5.75 Å². The van der Waals surface area contributed by atoms with Gasteiger partial charge in [-0.05, 0) is 53.9 Å². The van der Waals surface area contributed by atoms with E-state index in [4.69, 9.17) is 4.74 Å². The minimum absolute atomic E-state index is 0.0357. The zero-order valence-electron chi connectivity index (χ0n) is 18.9. The number of hydrazone groups is 1. The van der Waals surface area contributed by atoms with Gasteiger partial charge in [0.15, 0.2) is 0 Å². The maximum absolute atomic E-state index is 13.3. The fourth-order valence-electron chi connectivity index (χ4n) is 3.14. The molecular formula is C24H24N4O6S. The van der Waals surface area contributed by atoms with Crippen LogP contribution in [-0.4, -0.2) is 50.0 Å². The van der Waals surface area contributed by atoms with Gasteiger partial charge >= 0.3 is 0 Å². The number of nitro benzene ring substituents is 1. The van der Waals surface area contributed by atoms with Gasteiger partial charge < -0.3 is 4.74 Å². The molecular weight excluding hydrogens is 472 g/mol. The van der Waals surface area contributed by atoms with E-state index in [1.807, 2.05) is 30.3 Å². The number of nitrogens with zero attached hydrogens (tertiary/aromatic N) is 3. The Hall–Kier alpha value is -4.09. The molecule has 0 aliphatic carbocycles. The highest BCUT2D eigenvalue weighted by atomic mass is 32.2. The van der Waals surface area contributed by atoms with Crippen LogP contribution in [0.25, 0.3) is 0 Å². The minimum Gasteiger partial charge on any atom is -0.497 e. The molecule has 0 bridgehead atoms. The molecule has 182 valence electrons. The molecule has 3 rings (SSSR count). The largest absolute Gasteiger partial charge is 0.497 e. The zero-order valence-corrected chi connectivity index (χ0v) is 19.7. The molecule has 1 amide bonds. The Labute approximate surface area is 203 Å². The zero-order chi connectivity index (χ0) is 25.3. The summed E-state index contributed by atoms with van der Waals surface area (Å²) in [6.45, 7) is -0.364. The third-order valence-corrected chi connectivity index (χ3v) is 6.88. The van der Waals surface area contributed by atoms with E-state index < -0.39 is 27.4 Å². The Morgan fingerprint density at radius 1 is 1.06 bits per heavy atom. The summed E-state index contributed by atoms with van der Waals surface area (Å²) in [7, 11) is -2.50. The predicted molar refractivity (Wildman–Crippen MR) is 131 cm³/mol. The molecule has 0 spiro atoms. The van der Waals surface area contributed by atoms with Crippen molar-refractivity contribution in [2.45, 2.75) is 11.3 Å². The van der Waals surface area contributed by atoms with Crippen LogP contribution < -0.4 is 10.2 Å². The molecule has 0 saturated heterocycles. The number of ether oxygens (including phenoxy) is 1. The van der Waals surface area contributed by atoms with E-state index in [-0.39, 0.29) is 17.1 Å². The topological polar surface area (TPSA) is 131 Å². The van der Waals surface area contributed by atoms with Crippen molar-refractivity contribution >= 4 is 27.8 Å². The normalized spacial score (nSPS) is 11.5. The summed E-state index contributed by atoms with van der Waals surface area (Å²) in [5.41, 5.74) is 3.70. The molecule has 0 aliphatic heterocycles. The molecule has 3 aromatic carbocycles. The molecule has 3 aromatic rings. The van der Waals surface area contributed by atoms with Crippen LogP contribution in [0.5, 0.6) is 5.75 Å². The Kier molecular flexibility index (Phi) is 8.65. The van der Waals surface area contributed by atoms with E-state index in [0.717, 1.165) is 9.87 Å². The third-order valence-electron chi connectivity index (χ3n) is 5.02. The second kappa shape index (κ2) is 11.9. The van der Waals surface area contributed by atoms with E-state index in [9.17, 15) is 23.3 Å². The lowest BCUT2D eigenvalue weighted by atomic mass is 10.1. The number of nitro groups is 1. The van der Waals surface area contributed by atoms with Crippen LogP contribution >= 0.6 is 0 Å². The maximum atomic E-state index is 13.3. The lowest BCUT2D eigenvalue weighted by molar-refractivity contribution is -0.384. The third kappa shape index (κ3) is 7.19. The highest BCUT2D eigenvalue weighted by Gasteiger charge is 2.26. The fourth-order valence-corrected chi connectivity index (χ4v) is 4.53. The number of carbonyl (C=O) groups is 1. The number of carbonyl (C=O) groups excluding carboxylic acids is 1. The lowest BCUT2D eigenvalue weighted by Crippen LogP contribution is -2.40. The number of methoxy groups -OCH3 is 1. The van der Waals surface area contributed by atoms with Crippen LogP contribution in [0.4, 0.5) is 5.69 Å². The fraction of sp³-hybridized carbons (Fsp3) is 0.167. The average molecular weight is 497 g/mol. The molecule has 0 radical (unpaired) electrons. The molecule has 0 aromatic heterocycles. The summed E-state index contributed by atoms with van der Waals surface area (Å²) >= 11 is 0. The molecule has 0 atom stereocenters. The lowest BCUT2D eigenvalue weighted by Gasteiger charge is -2.21. The van der Waals surface area contributed by atoms with Gasteiger partial charge in [0.05, 0.1) is 29.7 Å². The number of non-ortho nitro benzene ring substituents is 1. The van der Waals surface area contributed by atoms with Crippen LogP contribution in [0.2, 0.25) is 0 Å². The molecule has 0 aliphatic rings. The number of nitrogens with one attached hydrogen (secondary N) is 1. The van der Waals surface area contributed by atoms with Crippen LogP contribution in [0, 0.1) is 10.1 Å². The molecule has 1 N–H and O–H groups in total. The van der Waals surface area contributed by atoms with Gasteiger partial charge in [0.2, 0.25) is 10.0 Å². The molecule has 11 heteroatoms.